The van der Waals surface area contributed by atoms with Crippen LogP contribution in [-0.2, 0) is 0 Å². The van der Waals surface area contributed by atoms with Crippen molar-refractivity contribution in [2.45, 2.75) is 25.7 Å². The first-order valence-electron chi connectivity index (χ1n) is 6.73. The molecule has 1 aliphatic heterocycles. The van der Waals surface area contributed by atoms with E-state index >= 15 is 0 Å². The molecule has 0 amide bonds. The molecule has 3 heteroatoms. The Balaban J connectivity index is 1.97. The fraction of sp³-hybridized carbons (Fsp3) is 0.467. The quantitative estimate of drug-likeness (QED) is 0.901. The highest BCUT2D eigenvalue weighted by atomic mass is 16.5. The number of nitrogens with one attached hydrogen (secondary N) is 1. The standard InChI is InChI=1S/C15H19NO2/c1-2-17-12-3-4-15-13(9-12)14(10-18-15)11-5-7-16-8-6-11/h3-4,9-11,16H,2,5-8H2,1H3. The maximum absolute atomic E-state index is 5.66. The molecule has 0 radical (unpaired) electrons. The van der Waals surface area contributed by atoms with Gasteiger partial charge in [0, 0.05) is 10.9 Å². The minimum absolute atomic E-state index is 0.615. The minimum Gasteiger partial charge on any atom is -0.494 e. The normalized spacial score (nSPS) is 17.2. The van der Waals surface area contributed by atoms with Gasteiger partial charge in [-0.15, -0.1) is 0 Å². The molecule has 0 aliphatic carbocycles. The van der Waals surface area contributed by atoms with E-state index in [2.05, 4.69) is 11.4 Å². The Labute approximate surface area is 107 Å². The van der Waals surface area contributed by atoms with Crippen LogP contribution in [0.25, 0.3) is 11.0 Å². The van der Waals surface area contributed by atoms with Crippen molar-refractivity contribution in [2.24, 2.45) is 0 Å². The van der Waals surface area contributed by atoms with Crippen LogP contribution in [0.4, 0.5) is 0 Å². The molecule has 0 bridgehead atoms. The zero-order chi connectivity index (χ0) is 12.4. The van der Waals surface area contributed by atoms with Crippen LogP contribution >= 0.6 is 0 Å². The first-order chi connectivity index (χ1) is 8.88. The fourth-order valence-electron chi connectivity index (χ4n) is 2.73. The maximum Gasteiger partial charge on any atom is 0.134 e. The zero-order valence-electron chi connectivity index (χ0n) is 10.7. The van der Waals surface area contributed by atoms with Crippen molar-refractivity contribution in [3.8, 4) is 5.75 Å². The number of ether oxygens (including phenoxy) is 1. The molecular weight excluding hydrogens is 226 g/mol. The van der Waals surface area contributed by atoms with E-state index in [1.165, 1.54) is 23.8 Å². The van der Waals surface area contributed by atoms with Gasteiger partial charge in [0.25, 0.3) is 0 Å². The van der Waals surface area contributed by atoms with Crippen molar-refractivity contribution in [1.29, 1.82) is 0 Å². The lowest BCUT2D eigenvalue weighted by molar-refractivity contribution is 0.340. The molecular formula is C15H19NO2. The minimum atomic E-state index is 0.615. The molecule has 2 aromatic rings. The van der Waals surface area contributed by atoms with Gasteiger partial charge in [-0.2, -0.15) is 0 Å². The van der Waals surface area contributed by atoms with E-state index < -0.39 is 0 Å². The molecule has 3 nitrogen and oxygen atoms in total. The number of fused-ring (bicyclic) bond motifs is 1. The molecule has 2 heterocycles. The molecule has 1 saturated heterocycles. The smallest absolute Gasteiger partial charge is 0.134 e. The van der Waals surface area contributed by atoms with Crippen molar-refractivity contribution in [2.75, 3.05) is 19.7 Å². The number of rotatable bonds is 3. The molecule has 0 spiro atoms. The SMILES string of the molecule is CCOc1ccc2occ(C3CCNCC3)c2c1. The molecule has 0 unspecified atom stereocenters. The molecule has 0 atom stereocenters. The van der Waals surface area contributed by atoms with Crippen LogP contribution in [-0.4, -0.2) is 19.7 Å². The van der Waals surface area contributed by atoms with Gasteiger partial charge in [-0.25, -0.2) is 0 Å². The number of hydrogen-bond donors (Lipinski definition) is 1. The number of piperidine rings is 1. The van der Waals surface area contributed by atoms with Gasteiger partial charge in [0.05, 0.1) is 12.9 Å². The van der Waals surface area contributed by atoms with E-state index in [1.54, 1.807) is 0 Å². The summed E-state index contributed by atoms with van der Waals surface area (Å²) < 4.78 is 11.2. The van der Waals surface area contributed by atoms with Gasteiger partial charge >= 0.3 is 0 Å². The Hall–Kier alpha value is -1.48. The molecule has 0 saturated carbocycles. The summed E-state index contributed by atoms with van der Waals surface area (Å²) in [4.78, 5) is 0. The summed E-state index contributed by atoms with van der Waals surface area (Å²) in [5.74, 6) is 1.55. The van der Waals surface area contributed by atoms with E-state index in [1.807, 2.05) is 25.3 Å². The van der Waals surface area contributed by atoms with Gasteiger partial charge < -0.3 is 14.5 Å². The highest BCUT2D eigenvalue weighted by molar-refractivity contribution is 5.83. The molecule has 1 aromatic carbocycles. The van der Waals surface area contributed by atoms with Gasteiger partial charge in [-0.3, -0.25) is 0 Å². The lowest BCUT2D eigenvalue weighted by Gasteiger charge is -2.21. The van der Waals surface area contributed by atoms with E-state index in [0.29, 0.717) is 12.5 Å². The Bertz CT molecular complexity index is 526. The maximum atomic E-state index is 5.66. The van der Waals surface area contributed by atoms with Crippen LogP contribution in [0.15, 0.2) is 28.9 Å². The molecule has 3 rings (SSSR count). The summed E-state index contributed by atoms with van der Waals surface area (Å²) in [6, 6.07) is 6.09. The number of furan rings is 1. The zero-order valence-corrected chi connectivity index (χ0v) is 10.7. The number of hydrogen-bond acceptors (Lipinski definition) is 3. The summed E-state index contributed by atoms with van der Waals surface area (Å²) in [6.45, 7) is 4.91. The third-order valence-electron chi connectivity index (χ3n) is 3.66. The van der Waals surface area contributed by atoms with E-state index in [0.717, 1.165) is 24.4 Å². The molecule has 18 heavy (non-hydrogen) atoms. The highest BCUT2D eigenvalue weighted by Gasteiger charge is 2.19. The summed E-state index contributed by atoms with van der Waals surface area (Å²) >= 11 is 0. The number of benzene rings is 1. The van der Waals surface area contributed by atoms with Gasteiger partial charge in [0.2, 0.25) is 0 Å². The molecule has 1 aromatic heterocycles. The fourth-order valence-corrected chi connectivity index (χ4v) is 2.73. The third kappa shape index (κ3) is 2.10. The van der Waals surface area contributed by atoms with Gasteiger partial charge in [-0.05, 0) is 57.0 Å². The van der Waals surface area contributed by atoms with E-state index in [9.17, 15) is 0 Å². The monoisotopic (exact) mass is 245 g/mol. The second-order valence-electron chi connectivity index (χ2n) is 4.81. The molecule has 1 N–H and O–H groups in total. The molecule has 96 valence electrons. The van der Waals surface area contributed by atoms with Gasteiger partial charge in [0.1, 0.15) is 11.3 Å². The van der Waals surface area contributed by atoms with E-state index in [-0.39, 0.29) is 0 Å². The van der Waals surface area contributed by atoms with Crippen molar-refractivity contribution in [1.82, 2.24) is 5.32 Å². The largest absolute Gasteiger partial charge is 0.494 e. The Kier molecular flexibility index (Phi) is 3.24. The van der Waals surface area contributed by atoms with Crippen molar-refractivity contribution in [3.05, 3.63) is 30.0 Å². The van der Waals surface area contributed by atoms with E-state index in [4.69, 9.17) is 9.15 Å². The summed E-state index contributed by atoms with van der Waals surface area (Å²) in [7, 11) is 0. The predicted molar refractivity (Wildman–Crippen MR) is 72.2 cm³/mol. The lowest BCUT2D eigenvalue weighted by Crippen LogP contribution is -2.26. The summed E-state index contributed by atoms with van der Waals surface area (Å²) in [6.07, 6.45) is 4.30. The van der Waals surface area contributed by atoms with Crippen LogP contribution in [0.1, 0.15) is 31.2 Å². The Morgan fingerprint density at radius 3 is 2.94 bits per heavy atom. The average molecular weight is 245 g/mol. The molecule has 1 aliphatic rings. The van der Waals surface area contributed by atoms with Crippen molar-refractivity contribution in [3.63, 3.8) is 0 Å². The Morgan fingerprint density at radius 2 is 2.17 bits per heavy atom. The van der Waals surface area contributed by atoms with Crippen LogP contribution in [0.3, 0.4) is 0 Å². The van der Waals surface area contributed by atoms with Gasteiger partial charge in [0.15, 0.2) is 0 Å². The second kappa shape index (κ2) is 5.02. The average Bonchev–Trinajstić information content (AvgIpc) is 2.83. The van der Waals surface area contributed by atoms with Gasteiger partial charge in [-0.1, -0.05) is 0 Å². The van der Waals surface area contributed by atoms with Crippen molar-refractivity contribution < 1.29 is 9.15 Å². The lowest BCUT2D eigenvalue weighted by atomic mass is 9.90. The Morgan fingerprint density at radius 1 is 1.33 bits per heavy atom. The van der Waals surface area contributed by atoms with Crippen molar-refractivity contribution >= 4 is 11.0 Å². The van der Waals surface area contributed by atoms with Crippen LogP contribution < -0.4 is 10.1 Å². The summed E-state index contributed by atoms with van der Waals surface area (Å²) in [5, 5.41) is 4.62. The third-order valence-corrected chi connectivity index (χ3v) is 3.66. The van der Waals surface area contributed by atoms with Crippen LogP contribution in [0.5, 0.6) is 5.75 Å². The first-order valence-corrected chi connectivity index (χ1v) is 6.73. The predicted octanol–water partition coefficient (Wildman–Crippen LogP) is 3.30. The summed E-state index contributed by atoms with van der Waals surface area (Å²) in [5.41, 5.74) is 2.31. The highest BCUT2D eigenvalue weighted by Crippen LogP contribution is 2.34. The van der Waals surface area contributed by atoms with Crippen LogP contribution in [0, 0.1) is 0 Å². The topological polar surface area (TPSA) is 34.4 Å². The second-order valence-corrected chi connectivity index (χ2v) is 4.81. The van der Waals surface area contributed by atoms with Crippen LogP contribution in [0.2, 0.25) is 0 Å². The molecule has 1 fully saturated rings. The first kappa shape index (κ1) is 11.6.